The van der Waals surface area contributed by atoms with E-state index in [0.29, 0.717) is 6.07 Å². The fourth-order valence-corrected chi connectivity index (χ4v) is 2.54. The molecule has 0 amide bonds. The molecule has 0 heterocycles. The summed E-state index contributed by atoms with van der Waals surface area (Å²) < 4.78 is 93.5. The van der Waals surface area contributed by atoms with E-state index in [-0.39, 0.29) is 0 Å². The predicted molar refractivity (Wildman–Crippen MR) is 67.1 cm³/mol. The highest BCUT2D eigenvalue weighted by molar-refractivity contribution is 7.87. The molecule has 0 aliphatic rings. The van der Waals surface area contributed by atoms with E-state index in [0.717, 1.165) is 18.2 Å². The smallest absolute Gasteiger partial charge is 0.339 e. The van der Waals surface area contributed by atoms with Gasteiger partial charge < -0.3 is 4.18 Å². The lowest BCUT2D eigenvalue weighted by Crippen LogP contribution is -2.14. The fraction of sp³-hybridized carbons (Fsp3) is 0. The number of halogens is 5. The zero-order valence-corrected chi connectivity index (χ0v) is 11.9. The first-order valence-electron chi connectivity index (χ1n) is 5.76. The molecule has 0 N–H and O–H groups in total. The first-order chi connectivity index (χ1) is 11.1. The lowest BCUT2D eigenvalue weighted by atomic mass is 10.3. The van der Waals surface area contributed by atoms with Gasteiger partial charge in [0.15, 0.2) is 0 Å². The van der Waals surface area contributed by atoms with Crippen LogP contribution in [0.4, 0.5) is 27.6 Å². The SMILES string of the molecule is O=[N+]([O-])c1cccc(S(=O)(=O)Oc2c(F)c(F)c(F)c(F)c2F)c1. The third kappa shape index (κ3) is 2.99. The molecule has 0 unspecified atom stereocenters. The highest BCUT2D eigenvalue weighted by Gasteiger charge is 2.31. The summed E-state index contributed by atoms with van der Waals surface area (Å²) in [5, 5.41) is 10.6. The Balaban J connectivity index is 2.55. The van der Waals surface area contributed by atoms with Crippen LogP contribution in [0.1, 0.15) is 0 Å². The molecule has 2 rings (SSSR count). The highest BCUT2D eigenvalue weighted by Crippen LogP contribution is 2.31. The number of hydrogen-bond donors (Lipinski definition) is 0. The Morgan fingerprint density at radius 3 is 1.92 bits per heavy atom. The second kappa shape index (κ2) is 6.03. The molecule has 0 saturated carbocycles. The van der Waals surface area contributed by atoms with Crippen LogP contribution >= 0.6 is 0 Å². The molecular formula is C12H4F5NO5S. The van der Waals surface area contributed by atoms with Gasteiger partial charge in [-0.2, -0.15) is 17.2 Å². The van der Waals surface area contributed by atoms with Gasteiger partial charge >= 0.3 is 10.1 Å². The van der Waals surface area contributed by atoms with Gasteiger partial charge in [0.1, 0.15) is 4.90 Å². The van der Waals surface area contributed by atoms with E-state index in [1.54, 1.807) is 0 Å². The maximum absolute atomic E-state index is 13.4. The number of benzene rings is 2. The Bertz CT molecular complexity index is 918. The molecule has 6 nitrogen and oxygen atoms in total. The summed E-state index contributed by atoms with van der Waals surface area (Å²) in [5.74, 6) is -14.3. The van der Waals surface area contributed by atoms with Crippen LogP contribution in [0, 0.1) is 39.2 Å². The largest absolute Gasteiger partial charge is 0.372 e. The number of rotatable bonds is 4. The van der Waals surface area contributed by atoms with Crippen molar-refractivity contribution in [2.75, 3.05) is 0 Å². The molecule has 128 valence electrons. The summed E-state index contributed by atoms with van der Waals surface area (Å²) in [6, 6.07) is 3.10. The van der Waals surface area contributed by atoms with Gasteiger partial charge in [0.2, 0.25) is 34.8 Å². The lowest BCUT2D eigenvalue weighted by Gasteiger charge is -2.10. The molecule has 12 heteroatoms. The first kappa shape index (κ1) is 17.6. The zero-order chi connectivity index (χ0) is 18.2. The Labute approximate surface area is 130 Å². The minimum atomic E-state index is -5.10. The van der Waals surface area contributed by atoms with Gasteiger partial charge in [-0.05, 0) is 6.07 Å². The molecule has 0 radical (unpaired) electrons. The molecule has 0 fully saturated rings. The van der Waals surface area contributed by atoms with Gasteiger partial charge in [-0.25, -0.2) is 13.2 Å². The normalized spacial score (nSPS) is 11.4. The van der Waals surface area contributed by atoms with E-state index in [2.05, 4.69) is 4.18 Å². The van der Waals surface area contributed by atoms with Gasteiger partial charge in [0.05, 0.1) is 4.92 Å². The van der Waals surface area contributed by atoms with Gasteiger partial charge in [-0.3, -0.25) is 10.1 Å². The van der Waals surface area contributed by atoms with E-state index in [1.165, 1.54) is 0 Å². The number of hydrogen-bond acceptors (Lipinski definition) is 5. The van der Waals surface area contributed by atoms with Crippen molar-refractivity contribution in [2.24, 2.45) is 0 Å². The van der Waals surface area contributed by atoms with E-state index in [4.69, 9.17) is 0 Å². The Kier molecular flexibility index (Phi) is 4.42. The summed E-state index contributed by atoms with van der Waals surface area (Å²) >= 11 is 0. The average molecular weight is 369 g/mol. The summed E-state index contributed by atoms with van der Waals surface area (Å²) in [6.45, 7) is 0. The van der Waals surface area contributed by atoms with Crippen molar-refractivity contribution in [3.05, 3.63) is 63.5 Å². The van der Waals surface area contributed by atoms with Crippen molar-refractivity contribution in [1.82, 2.24) is 0 Å². The monoisotopic (exact) mass is 369 g/mol. The van der Waals surface area contributed by atoms with Gasteiger partial charge in [-0.15, -0.1) is 0 Å². The van der Waals surface area contributed by atoms with Crippen molar-refractivity contribution >= 4 is 15.8 Å². The van der Waals surface area contributed by atoms with Crippen LogP contribution in [0.15, 0.2) is 29.2 Å². The Hall–Kier alpha value is -2.76. The third-order valence-corrected chi connectivity index (χ3v) is 3.90. The van der Waals surface area contributed by atoms with Crippen molar-refractivity contribution in [3.63, 3.8) is 0 Å². The Morgan fingerprint density at radius 2 is 1.42 bits per heavy atom. The molecule has 2 aromatic rings. The summed E-state index contributed by atoms with van der Waals surface area (Å²) in [5.41, 5.74) is -0.697. The number of nitro groups is 1. The maximum atomic E-state index is 13.4. The summed E-state index contributed by atoms with van der Waals surface area (Å²) in [6.07, 6.45) is 0. The zero-order valence-electron chi connectivity index (χ0n) is 11.1. The quantitative estimate of drug-likeness (QED) is 0.206. The molecule has 0 aliphatic heterocycles. The molecule has 0 aromatic heterocycles. The molecule has 0 saturated heterocycles. The molecule has 0 spiro atoms. The van der Waals surface area contributed by atoms with Crippen molar-refractivity contribution in [1.29, 1.82) is 0 Å². The second-order valence-corrected chi connectivity index (χ2v) is 5.74. The molecule has 0 atom stereocenters. The van der Waals surface area contributed by atoms with E-state index in [1.807, 2.05) is 0 Å². The number of nitro benzene ring substituents is 1. The molecule has 24 heavy (non-hydrogen) atoms. The standard InChI is InChI=1S/C12H4F5NO5S/c13-7-8(14)10(16)12(11(17)9(7)15)23-24(21,22)6-3-1-2-5(4-6)18(19)20/h1-4H. The predicted octanol–water partition coefficient (Wildman–Crippen LogP) is 3.06. The second-order valence-electron chi connectivity index (χ2n) is 4.19. The number of nitrogens with zero attached hydrogens (tertiary/aromatic N) is 1. The molecule has 0 bridgehead atoms. The third-order valence-electron chi connectivity index (χ3n) is 2.68. The van der Waals surface area contributed by atoms with Gasteiger partial charge in [0.25, 0.3) is 5.69 Å². The van der Waals surface area contributed by atoms with Gasteiger partial charge in [0, 0.05) is 12.1 Å². The highest BCUT2D eigenvalue weighted by atomic mass is 32.2. The van der Waals surface area contributed by atoms with Crippen LogP contribution in [0.2, 0.25) is 0 Å². The van der Waals surface area contributed by atoms with Crippen LogP contribution in [-0.4, -0.2) is 13.3 Å². The van der Waals surface area contributed by atoms with E-state index < -0.39 is 60.5 Å². The van der Waals surface area contributed by atoms with Crippen molar-refractivity contribution < 1.29 is 39.5 Å². The van der Waals surface area contributed by atoms with Crippen LogP contribution in [0.5, 0.6) is 5.75 Å². The first-order valence-corrected chi connectivity index (χ1v) is 7.17. The van der Waals surface area contributed by atoms with Crippen molar-refractivity contribution in [3.8, 4) is 5.75 Å². The van der Waals surface area contributed by atoms with E-state index >= 15 is 0 Å². The minimum Gasteiger partial charge on any atom is -0.372 e. The van der Waals surface area contributed by atoms with Crippen LogP contribution in [0.25, 0.3) is 0 Å². The van der Waals surface area contributed by atoms with Crippen LogP contribution in [-0.2, 0) is 10.1 Å². The minimum absolute atomic E-state index is 0.487. The number of non-ortho nitro benzene ring substituents is 1. The lowest BCUT2D eigenvalue weighted by molar-refractivity contribution is -0.385. The van der Waals surface area contributed by atoms with E-state index in [9.17, 15) is 40.5 Å². The molecule has 0 aliphatic carbocycles. The topological polar surface area (TPSA) is 86.5 Å². The van der Waals surface area contributed by atoms with Gasteiger partial charge in [-0.1, -0.05) is 6.07 Å². The maximum Gasteiger partial charge on any atom is 0.339 e. The Morgan fingerprint density at radius 1 is 0.917 bits per heavy atom. The van der Waals surface area contributed by atoms with Crippen LogP contribution < -0.4 is 4.18 Å². The van der Waals surface area contributed by atoms with Crippen molar-refractivity contribution in [2.45, 2.75) is 4.90 Å². The summed E-state index contributed by atoms with van der Waals surface area (Å²) in [4.78, 5) is 8.71. The molecule has 2 aromatic carbocycles. The summed E-state index contributed by atoms with van der Waals surface area (Å²) in [7, 11) is -5.10. The van der Waals surface area contributed by atoms with Crippen LogP contribution in [0.3, 0.4) is 0 Å². The fourth-order valence-electron chi connectivity index (χ4n) is 1.57. The molecular weight excluding hydrogens is 365 g/mol. The average Bonchev–Trinajstić information content (AvgIpc) is 2.55.